The van der Waals surface area contributed by atoms with Gasteiger partial charge in [0, 0.05) is 0 Å². The maximum absolute atomic E-state index is 12.6. The van der Waals surface area contributed by atoms with Crippen LogP contribution in [0, 0.1) is 0 Å². The Kier molecular flexibility index (Phi) is 5.45. The summed E-state index contributed by atoms with van der Waals surface area (Å²) < 4.78 is 5.20. The highest BCUT2D eigenvalue weighted by Crippen LogP contribution is 2.39. The number of carbonyl (C=O) groups is 3. The van der Waals surface area contributed by atoms with Crippen LogP contribution in [-0.4, -0.2) is 17.9 Å². The molecule has 0 aliphatic heterocycles. The van der Waals surface area contributed by atoms with Crippen LogP contribution in [0.15, 0.2) is 84.9 Å². The summed E-state index contributed by atoms with van der Waals surface area (Å²) in [6, 6.07) is 19.6. The van der Waals surface area contributed by atoms with Crippen LogP contribution in [0.5, 0.6) is 5.75 Å². The van der Waals surface area contributed by atoms with E-state index in [0.29, 0.717) is 10.8 Å². The van der Waals surface area contributed by atoms with E-state index in [1.165, 1.54) is 18.2 Å². The van der Waals surface area contributed by atoms with E-state index in [4.69, 9.17) is 4.74 Å². The second-order valence-corrected chi connectivity index (χ2v) is 6.45. The first-order chi connectivity index (χ1) is 13.9. The van der Waals surface area contributed by atoms with Crippen molar-refractivity contribution in [3.63, 3.8) is 0 Å². The second-order valence-electron chi connectivity index (χ2n) is 6.45. The Morgan fingerprint density at radius 3 is 2.14 bits per heavy atom. The van der Waals surface area contributed by atoms with E-state index in [1.807, 2.05) is 0 Å². The van der Waals surface area contributed by atoms with E-state index in [9.17, 15) is 24.6 Å². The molecule has 0 N–H and O–H groups in total. The van der Waals surface area contributed by atoms with Gasteiger partial charge in [0.05, 0.1) is 23.8 Å². The monoisotopic (exact) mass is 388 g/mol. The number of rotatable bonds is 7. The van der Waals surface area contributed by atoms with Crippen LogP contribution >= 0.6 is 0 Å². The number of carboxylic acids is 2. The van der Waals surface area contributed by atoms with Gasteiger partial charge >= 0.3 is 5.97 Å². The van der Waals surface area contributed by atoms with Crippen molar-refractivity contribution in [2.75, 3.05) is 0 Å². The highest BCUT2D eigenvalue weighted by Gasteiger charge is 2.41. The number of carbonyl (C=O) groups excluding carboxylic acids is 3. The van der Waals surface area contributed by atoms with Crippen molar-refractivity contribution in [3.8, 4) is 5.75 Å². The van der Waals surface area contributed by atoms with Crippen LogP contribution < -0.4 is 14.9 Å². The molecule has 0 fully saturated rings. The molecular formula is C23H16O6-2. The van der Waals surface area contributed by atoms with Crippen molar-refractivity contribution >= 4 is 28.7 Å². The number of hydrogen-bond acceptors (Lipinski definition) is 6. The highest BCUT2D eigenvalue weighted by molar-refractivity contribution is 6.04. The van der Waals surface area contributed by atoms with Crippen LogP contribution in [0.4, 0.5) is 0 Å². The molecule has 3 aromatic rings. The minimum Gasteiger partial charge on any atom is -0.549 e. The molecule has 0 aliphatic rings. The van der Waals surface area contributed by atoms with Crippen molar-refractivity contribution in [3.05, 3.63) is 90.5 Å². The van der Waals surface area contributed by atoms with Gasteiger partial charge in [-0.3, -0.25) is 4.79 Å². The molecule has 0 heterocycles. The van der Waals surface area contributed by atoms with E-state index >= 15 is 0 Å². The molecule has 0 bridgehead atoms. The van der Waals surface area contributed by atoms with Crippen molar-refractivity contribution in [2.45, 2.75) is 11.8 Å². The fourth-order valence-corrected chi connectivity index (χ4v) is 3.31. The normalized spacial score (nSPS) is 12.7. The predicted octanol–water partition coefficient (Wildman–Crippen LogP) is 1.13. The van der Waals surface area contributed by atoms with Crippen molar-refractivity contribution in [2.24, 2.45) is 0 Å². The fraction of sp³-hybridized carbons (Fsp3) is 0.0870. The first-order valence-corrected chi connectivity index (χ1v) is 8.72. The van der Waals surface area contributed by atoms with Gasteiger partial charge in [-0.1, -0.05) is 67.2 Å². The van der Waals surface area contributed by atoms with Gasteiger partial charge in [0.2, 0.25) is 0 Å². The fourth-order valence-electron chi connectivity index (χ4n) is 3.31. The molecule has 29 heavy (non-hydrogen) atoms. The third-order valence-corrected chi connectivity index (χ3v) is 4.74. The predicted molar refractivity (Wildman–Crippen MR) is 101 cm³/mol. The molecule has 6 nitrogen and oxygen atoms in total. The molecule has 3 rings (SSSR count). The highest BCUT2D eigenvalue weighted by atomic mass is 16.5. The Morgan fingerprint density at radius 2 is 1.48 bits per heavy atom. The largest absolute Gasteiger partial charge is 0.549 e. The summed E-state index contributed by atoms with van der Waals surface area (Å²) in [4.78, 5) is 36.6. The van der Waals surface area contributed by atoms with E-state index in [1.54, 1.807) is 54.6 Å². The van der Waals surface area contributed by atoms with E-state index < -0.39 is 35.3 Å². The molecule has 3 aromatic carbocycles. The maximum atomic E-state index is 12.6. The Bertz CT molecular complexity index is 1100. The summed E-state index contributed by atoms with van der Waals surface area (Å²) in [5, 5.41) is 25.1. The lowest BCUT2D eigenvalue weighted by Crippen LogP contribution is -2.52. The first kappa shape index (κ1) is 19.8. The smallest absolute Gasteiger partial charge is 0.312 e. The van der Waals surface area contributed by atoms with Gasteiger partial charge < -0.3 is 24.5 Å². The Morgan fingerprint density at radius 1 is 0.862 bits per heavy atom. The number of carboxylic acid groups (broad SMARTS) is 2. The molecule has 0 radical (unpaired) electrons. The Hall–Kier alpha value is -3.93. The molecule has 0 saturated heterocycles. The van der Waals surface area contributed by atoms with Gasteiger partial charge in [0.25, 0.3) is 0 Å². The van der Waals surface area contributed by atoms with E-state index in [-0.39, 0.29) is 11.3 Å². The Balaban J connectivity index is 2.16. The molecule has 0 aliphatic carbocycles. The van der Waals surface area contributed by atoms with Gasteiger partial charge in [-0.25, -0.2) is 0 Å². The molecular weight excluding hydrogens is 372 g/mol. The zero-order chi connectivity index (χ0) is 21.0. The summed E-state index contributed by atoms with van der Waals surface area (Å²) in [5.74, 6) is -4.33. The van der Waals surface area contributed by atoms with Crippen LogP contribution in [-0.2, 0) is 19.8 Å². The van der Waals surface area contributed by atoms with Crippen molar-refractivity contribution < 1.29 is 29.3 Å². The number of esters is 1. The van der Waals surface area contributed by atoms with Crippen LogP contribution in [0.3, 0.4) is 0 Å². The zero-order valence-electron chi connectivity index (χ0n) is 15.3. The lowest BCUT2D eigenvalue weighted by molar-refractivity contribution is -0.317. The SMILES string of the molecule is C=C(C(=O)[O-])C(CC(=O)Oc1ccccc1)(C(=O)[O-])c1cccc2ccccc12. The molecule has 146 valence electrons. The van der Waals surface area contributed by atoms with Crippen LogP contribution in [0.25, 0.3) is 10.8 Å². The lowest BCUT2D eigenvalue weighted by Gasteiger charge is -2.37. The van der Waals surface area contributed by atoms with Gasteiger partial charge in [-0.15, -0.1) is 0 Å². The number of benzene rings is 3. The number of aliphatic carboxylic acids is 2. The standard InChI is InChI=1S/C23H18O6/c1-15(21(25)26)23(22(27)28,14-20(24)29-17-10-3-2-4-11-17)19-13-7-9-16-8-5-6-12-18(16)19/h2-13H,1,14H2,(H,25,26)(H,27,28)/p-2. The van der Waals surface area contributed by atoms with Gasteiger partial charge in [0.15, 0.2) is 0 Å². The number of ether oxygens (including phenoxy) is 1. The van der Waals surface area contributed by atoms with Gasteiger partial charge in [-0.05, 0) is 34.0 Å². The van der Waals surface area contributed by atoms with Gasteiger partial charge in [0.1, 0.15) is 5.75 Å². The second kappa shape index (κ2) is 7.98. The third kappa shape index (κ3) is 3.73. The van der Waals surface area contributed by atoms with Crippen molar-refractivity contribution in [1.29, 1.82) is 0 Å². The summed E-state index contributed by atoms with van der Waals surface area (Å²) in [6.07, 6.45) is -0.828. The summed E-state index contributed by atoms with van der Waals surface area (Å²) in [7, 11) is 0. The minimum atomic E-state index is -2.37. The number of hydrogen-bond donors (Lipinski definition) is 0. The quantitative estimate of drug-likeness (QED) is 0.341. The summed E-state index contributed by atoms with van der Waals surface area (Å²) in [5.41, 5.74) is -3.10. The summed E-state index contributed by atoms with van der Waals surface area (Å²) >= 11 is 0. The van der Waals surface area contributed by atoms with Crippen LogP contribution in [0.2, 0.25) is 0 Å². The Labute approximate surface area is 166 Å². The topological polar surface area (TPSA) is 107 Å². The molecule has 1 atom stereocenters. The molecule has 1 unspecified atom stereocenters. The summed E-state index contributed by atoms with van der Waals surface area (Å²) in [6.45, 7) is 3.40. The molecule has 0 aromatic heterocycles. The van der Waals surface area contributed by atoms with Gasteiger partial charge in [-0.2, -0.15) is 0 Å². The lowest BCUT2D eigenvalue weighted by atomic mass is 9.70. The minimum absolute atomic E-state index is 0.0646. The van der Waals surface area contributed by atoms with Crippen molar-refractivity contribution in [1.82, 2.24) is 0 Å². The molecule has 0 saturated carbocycles. The molecule has 0 spiro atoms. The third-order valence-electron chi connectivity index (χ3n) is 4.74. The zero-order valence-corrected chi connectivity index (χ0v) is 15.3. The first-order valence-electron chi connectivity index (χ1n) is 8.72. The maximum Gasteiger partial charge on any atom is 0.312 e. The molecule has 0 amide bonds. The van der Waals surface area contributed by atoms with E-state index in [0.717, 1.165) is 0 Å². The molecule has 6 heteroatoms. The number of fused-ring (bicyclic) bond motifs is 1. The van der Waals surface area contributed by atoms with Crippen LogP contribution in [0.1, 0.15) is 12.0 Å². The van der Waals surface area contributed by atoms with E-state index in [2.05, 4.69) is 6.58 Å². The average molecular weight is 388 g/mol. The average Bonchev–Trinajstić information content (AvgIpc) is 2.71. The number of para-hydroxylation sites is 1.